The van der Waals surface area contributed by atoms with Gasteiger partial charge in [0.05, 0.1) is 11.4 Å². The Morgan fingerprint density at radius 1 is 0.900 bits per heavy atom. The predicted molar refractivity (Wildman–Crippen MR) is 70.0 cm³/mol. The topological polar surface area (TPSA) is 61.5 Å². The predicted octanol–water partition coefficient (Wildman–Crippen LogP) is 2.71. The summed E-state index contributed by atoms with van der Waals surface area (Å²) in [6.07, 6.45) is 1.31. The van der Waals surface area contributed by atoms with Gasteiger partial charge in [0.1, 0.15) is 5.82 Å². The number of hydrogen-bond acceptors (Lipinski definition) is 2. The lowest BCUT2D eigenvalue weighted by Crippen LogP contribution is -2.00. The number of nitrogens with zero attached hydrogens (tertiary/aromatic N) is 1. The molecule has 0 atom stereocenters. The Morgan fingerprint density at radius 3 is 2.20 bits per heavy atom. The molecule has 0 aliphatic heterocycles. The summed E-state index contributed by atoms with van der Waals surface area (Å²) in [6, 6.07) is 8.45. The van der Waals surface area contributed by atoms with Crippen LogP contribution in [0.5, 0.6) is 0 Å². The van der Waals surface area contributed by atoms with Crippen molar-refractivity contribution in [2.24, 2.45) is 0 Å². The molecule has 0 spiro atoms. The van der Waals surface area contributed by atoms with Crippen molar-refractivity contribution in [1.29, 1.82) is 0 Å². The average molecular weight is 273 g/mol. The fourth-order valence-corrected chi connectivity index (χ4v) is 1.99. The van der Waals surface area contributed by atoms with E-state index in [1.807, 2.05) is 0 Å². The van der Waals surface area contributed by atoms with E-state index < -0.39 is 11.6 Å². The summed E-state index contributed by atoms with van der Waals surface area (Å²) in [5.74, 6) is -1.02. The van der Waals surface area contributed by atoms with Crippen LogP contribution in [0.15, 0.2) is 47.4 Å². The van der Waals surface area contributed by atoms with Crippen LogP contribution < -0.4 is 5.69 Å². The van der Waals surface area contributed by atoms with E-state index in [0.717, 1.165) is 0 Å². The molecule has 3 aromatic rings. The van der Waals surface area contributed by atoms with Crippen LogP contribution in [0, 0.1) is 11.8 Å². The molecule has 0 saturated carbocycles. The first-order valence-corrected chi connectivity index (χ1v) is 5.83. The largest absolute Gasteiger partial charge is 0.323 e. The minimum Gasteiger partial charge on any atom is -0.305 e. The van der Waals surface area contributed by atoms with Crippen LogP contribution in [0.3, 0.4) is 0 Å². The number of nitrogens with one attached hydrogen (secondary N) is 2. The van der Waals surface area contributed by atoms with Gasteiger partial charge in [-0.15, -0.1) is 0 Å². The summed E-state index contributed by atoms with van der Waals surface area (Å²) in [7, 11) is 0. The van der Waals surface area contributed by atoms with Gasteiger partial charge in [0.2, 0.25) is 5.95 Å². The normalized spacial score (nSPS) is 10.7. The number of aromatic amines is 2. The van der Waals surface area contributed by atoms with Gasteiger partial charge in [0.25, 0.3) is 0 Å². The molecular weight excluding hydrogens is 264 g/mol. The number of H-pyrrole nitrogens is 2. The van der Waals surface area contributed by atoms with Crippen LogP contribution in [0.1, 0.15) is 0 Å². The Bertz CT molecular complexity index is 806. The Hall–Kier alpha value is -2.76. The first kappa shape index (κ1) is 12.3. The van der Waals surface area contributed by atoms with Crippen molar-refractivity contribution < 1.29 is 8.78 Å². The zero-order chi connectivity index (χ0) is 14.1. The lowest BCUT2D eigenvalue weighted by Gasteiger charge is -2.03. The Balaban J connectivity index is 2.18. The highest BCUT2D eigenvalue weighted by Gasteiger charge is 2.12. The SMILES string of the molecule is O=c1[nH]c(-c2ccc(F)cc2)c(-c2ccnc(F)c2)[nH]1. The van der Waals surface area contributed by atoms with E-state index in [4.69, 9.17) is 0 Å². The highest BCUT2D eigenvalue weighted by Crippen LogP contribution is 2.27. The van der Waals surface area contributed by atoms with Gasteiger partial charge >= 0.3 is 5.69 Å². The number of imidazole rings is 1. The smallest absolute Gasteiger partial charge is 0.305 e. The van der Waals surface area contributed by atoms with Gasteiger partial charge in [-0.25, -0.2) is 14.2 Å². The average Bonchev–Trinajstić information content (AvgIpc) is 2.82. The van der Waals surface area contributed by atoms with E-state index in [2.05, 4.69) is 15.0 Å². The Kier molecular flexibility index (Phi) is 2.90. The summed E-state index contributed by atoms with van der Waals surface area (Å²) >= 11 is 0. The van der Waals surface area contributed by atoms with Crippen LogP contribution in [-0.4, -0.2) is 15.0 Å². The molecule has 6 heteroatoms. The Morgan fingerprint density at radius 2 is 1.55 bits per heavy atom. The standard InChI is InChI=1S/C14H9F2N3O/c15-10-3-1-8(2-4-10)12-13(19-14(20)18-12)9-5-6-17-11(16)7-9/h1-7H,(H2,18,19,20). The first-order valence-electron chi connectivity index (χ1n) is 5.83. The van der Waals surface area contributed by atoms with E-state index in [1.165, 1.54) is 36.5 Å². The molecule has 0 unspecified atom stereocenters. The van der Waals surface area contributed by atoms with E-state index in [-0.39, 0.29) is 5.82 Å². The van der Waals surface area contributed by atoms with Crippen molar-refractivity contribution in [3.63, 3.8) is 0 Å². The van der Waals surface area contributed by atoms with Gasteiger partial charge in [0, 0.05) is 23.4 Å². The third-order valence-corrected chi connectivity index (χ3v) is 2.88. The number of hydrogen-bond donors (Lipinski definition) is 2. The molecule has 4 nitrogen and oxygen atoms in total. The molecule has 2 heterocycles. The summed E-state index contributed by atoms with van der Waals surface area (Å²) < 4.78 is 26.1. The first-order chi connectivity index (χ1) is 9.63. The van der Waals surface area contributed by atoms with Crippen LogP contribution in [-0.2, 0) is 0 Å². The zero-order valence-electron chi connectivity index (χ0n) is 10.2. The van der Waals surface area contributed by atoms with E-state index in [0.29, 0.717) is 22.5 Å². The molecule has 1 aromatic carbocycles. The van der Waals surface area contributed by atoms with Gasteiger partial charge < -0.3 is 9.97 Å². The second-order valence-electron chi connectivity index (χ2n) is 4.20. The van der Waals surface area contributed by atoms with Crippen molar-refractivity contribution in [3.05, 3.63) is 64.8 Å². The fourth-order valence-electron chi connectivity index (χ4n) is 1.99. The van der Waals surface area contributed by atoms with Crippen LogP contribution in [0.25, 0.3) is 22.5 Å². The minimum absolute atomic E-state index is 0.372. The number of rotatable bonds is 2. The number of halogens is 2. The fraction of sp³-hybridized carbons (Fsp3) is 0. The van der Waals surface area contributed by atoms with Gasteiger partial charge in [-0.2, -0.15) is 4.39 Å². The Labute approximate surface area is 112 Å². The molecular formula is C14H9F2N3O. The highest BCUT2D eigenvalue weighted by atomic mass is 19.1. The molecule has 2 N–H and O–H groups in total. The summed E-state index contributed by atoms with van der Waals surface area (Å²) in [5.41, 5.74) is 1.59. The number of pyridine rings is 1. The van der Waals surface area contributed by atoms with Gasteiger partial charge in [0.15, 0.2) is 0 Å². The van der Waals surface area contributed by atoms with Crippen LogP contribution >= 0.6 is 0 Å². The third kappa shape index (κ3) is 2.23. The van der Waals surface area contributed by atoms with Crippen LogP contribution in [0.2, 0.25) is 0 Å². The van der Waals surface area contributed by atoms with E-state index in [9.17, 15) is 13.6 Å². The quantitative estimate of drug-likeness (QED) is 0.705. The lowest BCUT2D eigenvalue weighted by atomic mass is 10.1. The van der Waals surface area contributed by atoms with E-state index in [1.54, 1.807) is 6.07 Å². The van der Waals surface area contributed by atoms with Crippen molar-refractivity contribution in [2.45, 2.75) is 0 Å². The van der Waals surface area contributed by atoms with Gasteiger partial charge in [-0.1, -0.05) is 0 Å². The van der Waals surface area contributed by atoms with Crippen LogP contribution in [0.4, 0.5) is 8.78 Å². The minimum atomic E-state index is -0.644. The van der Waals surface area contributed by atoms with Crippen molar-refractivity contribution in [3.8, 4) is 22.5 Å². The lowest BCUT2D eigenvalue weighted by molar-refractivity contribution is 0.584. The molecule has 20 heavy (non-hydrogen) atoms. The molecule has 0 bridgehead atoms. The maximum atomic E-state index is 13.2. The summed E-state index contributed by atoms with van der Waals surface area (Å²) in [6.45, 7) is 0. The van der Waals surface area contributed by atoms with E-state index >= 15 is 0 Å². The highest BCUT2D eigenvalue weighted by molar-refractivity contribution is 5.77. The molecule has 0 radical (unpaired) electrons. The maximum absolute atomic E-state index is 13.2. The zero-order valence-corrected chi connectivity index (χ0v) is 10.2. The van der Waals surface area contributed by atoms with Gasteiger partial charge in [-0.3, -0.25) is 0 Å². The molecule has 2 aromatic heterocycles. The van der Waals surface area contributed by atoms with Crippen molar-refractivity contribution in [1.82, 2.24) is 15.0 Å². The molecule has 100 valence electrons. The maximum Gasteiger partial charge on any atom is 0.323 e. The molecule has 0 fully saturated rings. The third-order valence-electron chi connectivity index (χ3n) is 2.88. The van der Waals surface area contributed by atoms with Gasteiger partial charge in [-0.05, 0) is 30.3 Å². The molecule has 0 aliphatic rings. The van der Waals surface area contributed by atoms with Crippen molar-refractivity contribution >= 4 is 0 Å². The second-order valence-corrected chi connectivity index (χ2v) is 4.20. The molecule has 0 amide bonds. The summed E-state index contributed by atoms with van der Waals surface area (Å²) in [4.78, 5) is 20.2. The monoisotopic (exact) mass is 273 g/mol. The second kappa shape index (κ2) is 4.73. The molecule has 3 rings (SSSR count). The number of benzene rings is 1. The summed E-state index contributed by atoms with van der Waals surface area (Å²) in [5, 5.41) is 0. The molecule has 0 saturated heterocycles. The molecule has 0 aliphatic carbocycles. The number of aromatic nitrogens is 3. The van der Waals surface area contributed by atoms with Crippen molar-refractivity contribution in [2.75, 3.05) is 0 Å².